The van der Waals surface area contributed by atoms with E-state index in [0.29, 0.717) is 30.4 Å². The van der Waals surface area contributed by atoms with Gasteiger partial charge in [-0.05, 0) is 31.6 Å². The fourth-order valence-electron chi connectivity index (χ4n) is 2.55. The van der Waals surface area contributed by atoms with Gasteiger partial charge in [-0.15, -0.1) is 0 Å². The van der Waals surface area contributed by atoms with Gasteiger partial charge in [-0.3, -0.25) is 0 Å². The van der Waals surface area contributed by atoms with Crippen LogP contribution >= 0.6 is 15.9 Å². The predicted octanol–water partition coefficient (Wildman–Crippen LogP) is 1.82. The van der Waals surface area contributed by atoms with Gasteiger partial charge in [-0.25, -0.2) is 0 Å². The quantitative estimate of drug-likeness (QED) is 0.740. The minimum absolute atomic E-state index is 0.531. The van der Waals surface area contributed by atoms with E-state index in [4.69, 9.17) is 0 Å². The monoisotopic (exact) mass is 324 g/mol. The standard InChI is InChI=1S/C11H21BrN2O2S/c1-13(9-10-7-11(12)8-10)17(15,16)14-5-3-2-4-6-14/h10-11H,2-9H2,1H3. The van der Waals surface area contributed by atoms with Gasteiger partial charge in [0.1, 0.15) is 0 Å². The Morgan fingerprint density at radius 3 is 2.35 bits per heavy atom. The third-order valence-corrected chi connectivity index (χ3v) is 6.43. The van der Waals surface area contributed by atoms with Crippen LogP contribution in [0.5, 0.6) is 0 Å². The molecule has 2 fully saturated rings. The zero-order valence-corrected chi connectivity index (χ0v) is 12.7. The van der Waals surface area contributed by atoms with Crippen LogP contribution in [0.2, 0.25) is 0 Å². The van der Waals surface area contributed by atoms with Crippen LogP contribution in [-0.4, -0.2) is 48.5 Å². The minimum Gasteiger partial charge on any atom is -0.195 e. The summed E-state index contributed by atoms with van der Waals surface area (Å²) in [6, 6.07) is 0. The highest BCUT2D eigenvalue weighted by molar-refractivity contribution is 9.09. The lowest BCUT2D eigenvalue weighted by Crippen LogP contribution is -2.47. The van der Waals surface area contributed by atoms with E-state index >= 15 is 0 Å². The van der Waals surface area contributed by atoms with Gasteiger partial charge in [0.2, 0.25) is 0 Å². The van der Waals surface area contributed by atoms with Crippen LogP contribution in [-0.2, 0) is 10.2 Å². The van der Waals surface area contributed by atoms with Crippen molar-refractivity contribution in [1.82, 2.24) is 8.61 Å². The summed E-state index contributed by atoms with van der Waals surface area (Å²) in [6.45, 7) is 2.05. The van der Waals surface area contributed by atoms with Crippen LogP contribution in [0.25, 0.3) is 0 Å². The van der Waals surface area contributed by atoms with Gasteiger partial charge in [0.05, 0.1) is 0 Å². The Kier molecular flexibility index (Phi) is 4.50. The second-order valence-electron chi connectivity index (χ2n) is 5.18. The molecule has 2 aliphatic rings. The number of rotatable bonds is 4. The van der Waals surface area contributed by atoms with Gasteiger partial charge >= 0.3 is 0 Å². The van der Waals surface area contributed by atoms with Crippen molar-refractivity contribution in [3.05, 3.63) is 0 Å². The second kappa shape index (κ2) is 5.55. The third-order valence-electron chi connectivity index (χ3n) is 3.73. The molecule has 1 saturated heterocycles. The fraction of sp³-hybridized carbons (Fsp3) is 1.00. The molecule has 1 saturated carbocycles. The first-order valence-electron chi connectivity index (χ1n) is 6.35. The smallest absolute Gasteiger partial charge is 0.195 e. The summed E-state index contributed by atoms with van der Waals surface area (Å²) in [6.07, 6.45) is 5.35. The molecule has 0 bridgehead atoms. The molecule has 0 unspecified atom stereocenters. The van der Waals surface area contributed by atoms with E-state index in [1.54, 1.807) is 15.7 Å². The van der Waals surface area contributed by atoms with Crippen molar-refractivity contribution in [3.63, 3.8) is 0 Å². The van der Waals surface area contributed by atoms with Crippen LogP contribution in [0.3, 0.4) is 0 Å². The lowest BCUT2D eigenvalue weighted by Gasteiger charge is -2.36. The lowest BCUT2D eigenvalue weighted by molar-refractivity contribution is 0.254. The molecule has 4 nitrogen and oxygen atoms in total. The number of hydrogen-bond donors (Lipinski definition) is 0. The van der Waals surface area contributed by atoms with Crippen LogP contribution in [0.4, 0.5) is 0 Å². The zero-order chi connectivity index (χ0) is 12.5. The molecule has 0 aromatic heterocycles. The molecule has 6 heteroatoms. The van der Waals surface area contributed by atoms with E-state index in [2.05, 4.69) is 15.9 Å². The van der Waals surface area contributed by atoms with Gasteiger partial charge in [-0.2, -0.15) is 17.0 Å². The molecule has 2 rings (SSSR count). The van der Waals surface area contributed by atoms with Crippen molar-refractivity contribution >= 4 is 26.1 Å². The average molecular weight is 325 g/mol. The Morgan fingerprint density at radius 2 is 1.82 bits per heavy atom. The van der Waals surface area contributed by atoms with Crippen molar-refractivity contribution in [3.8, 4) is 0 Å². The van der Waals surface area contributed by atoms with Crippen molar-refractivity contribution in [2.45, 2.75) is 36.9 Å². The Hall–Kier alpha value is 0.350. The van der Waals surface area contributed by atoms with Gasteiger partial charge in [0, 0.05) is 31.5 Å². The SMILES string of the molecule is CN(CC1CC(Br)C1)S(=O)(=O)N1CCCCC1. The first kappa shape index (κ1) is 13.8. The highest BCUT2D eigenvalue weighted by Crippen LogP contribution is 2.34. The lowest BCUT2D eigenvalue weighted by atomic mass is 9.85. The zero-order valence-electron chi connectivity index (χ0n) is 10.3. The maximum absolute atomic E-state index is 12.3. The summed E-state index contributed by atoms with van der Waals surface area (Å²) in [5, 5.41) is 0. The molecule has 0 atom stereocenters. The Labute approximate surface area is 113 Å². The van der Waals surface area contributed by atoms with Crippen molar-refractivity contribution in [1.29, 1.82) is 0 Å². The minimum atomic E-state index is -3.20. The summed E-state index contributed by atoms with van der Waals surface area (Å²) >= 11 is 3.54. The van der Waals surface area contributed by atoms with Gasteiger partial charge in [0.25, 0.3) is 10.2 Å². The number of hydrogen-bond acceptors (Lipinski definition) is 2. The predicted molar refractivity (Wildman–Crippen MR) is 72.4 cm³/mol. The highest BCUT2D eigenvalue weighted by atomic mass is 79.9. The summed E-state index contributed by atoms with van der Waals surface area (Å²) in [4.78, 5) is 0.596. The largest absolute Gasteiger partial charge is 0.281 e. The average Bonchev–Trinajstić information content (AvgIpc) is 2.28. The van der Waals surface area contributed by atoms with Crippen LogP contribution in [0, 0.1) is 5.92 Å². The Bertz CT molecular complexity index is 348. The molecule has 1 heterocycles. The molecular formula is C11H21BrN2O2S. The molecule has 0 aromatic carbocycles. The third kappa shape index (κ3) is 3.22. The summed E-state index contributed by atoms with van der Waals surface area (Å²) in [5.74, 6) is 0.531. The Morgan fingerprint density at radius 1 is 1.24 bits per heavy atom. The Balaban J connectivity index is 1.89. The number of nitrogens with zero attached hydrogens (tertiary/aromatic N) is 2. The van der Waals surface area contributed by atoms with Crippen molar-refractivity contribution in [2.24, 2.45) is 5.92 Å². The normalized spacial score (nSPS) is 31.5. The van der Waals surface area contributed by atoms with E-state index in [-0.39, 0.29) is 0 Å². The summed E-state index contributed by atoms with van der Waals surface area (Å²) in [7, 11) is -1.49. The summed E-state index contributed by atoms with van der Waals surface area (Å²) < 4.78 is 27.7. The number of alkyl halides is 1. The van der Waals surface area contributed by atoms with E-state index in [1.165, 1.54) is 0 Å². The van der Waals surface area contributed by atoms with Crippen LogP contribution in [0.1, 0.15) is 32.1 Å². The molecule has 0 radical (unpaired) electrons. The van der Waals surface area contributed by atoms with Crippen molar-refractivity contribution < 1.29 is 8.42 Å². The number of halogens is 1. The molecule has 1 aliphatic carbocycles. The molecular weight excluding hydrogens is 304 g/mol. The van der Waals surface area contributed by atoms with E-state index in [0.717, 1.165) is 32.1 Å². The highest BCUT2D eigenvalue weighted by Gasteiger charge is 2.33. The molecule has 17 heavy (non-hydrogen) atoms. The topological polar surface area (TPSA) is 40.6 Å². The summed E-state index contributed by atoms with van der Waals surface area (Å²) in [5.41, 5.74) is 0. The van der Waals surface area contributed by atoms with Gasteiger partial charge in [0.15, 0.2) is 0 Å². The molecule has 1 aliphatic heterocycles. The maximum Gasteiger partial charge on any atom is 0.281 e. The van der Waals surface area contributed by atoms with Crippen LogP contribution < -0.4 is 0 Å². The maximum atomic E-state index is 12.3. The van der Waals surface area contributed by atoms with E-state index in [9.17, 15) is 8.42 Å². The first-order valence-corrected chi connectivity index (χ1v) is 8.67. The van der Waals surface area contributed by atoms with Gasteiger partial charge in [-0.1, -0.05) is 22.4 Å². The molecule has 100 valence electrons. The fourth-order valence-corrected chi connectivity index (χ4v) is 5.12. The molecule has 0 aromatic rings. The van der Waals surface area contributed by atoms with E-state index in [1.807, 2.05) is 0 Å². The van der Waals surface area contributed by atoms with Gasteiger partial charge < -0.3 is 0 Å². The number of piperidine rings is 1. The van der Waals surface area contributed by atoms with Crippen LogP contribution in [0.15, 0.2) is 0 Å². The second-order valence-corrected chi connectivity index (χ2v) is 8.51. The molecule has 0 N–H and O–H groups in total. The molecule has 0 spiro atoms. The molecule has 0 amide bonds. The van der Waals surface area contributed by atoms with Crippen molar-refractivity contribution in [2.75, 3.05) is 26.7 Å². The first-order chi connectivity index (χ1) is 8.00. The van der Waals surface area contributed by atoms with E-state index < -0.39 is 10.2 Å².